The minimum absolute atomic E-state index is 0.00144. The van der Waals surface area contributed by atoms with Crippen LogP contribution in [-0.4, -0.2) is 20.0 Å². The summed E-state index contributed by atoms with van der Waals surface area (Å²) in [5.74, 6) is 1.69. The molecule has 1 aromatic heterocycles. The highest BCUT2D eigenvalue weighted by Gasteiger charge is 2.20. The fraction of sp³-hybridized carbons (Fsp3) is 0.278. The second-order valence-electron chi connectivity index (χ2n) is 5.61. The van der Waals surface area contributed by atoms with Crippen LogP contribution < -0.4 is 9.46 Å². The molecule has 1 heterocycles. The van der Waals surface area contributed by atoms with E-state index >= 15 is 0 Å². The Kier molecular flexibility index (Phi) is 4.78. The zero-order valence-corrected chi connectivity index (χ0v) is 15.2. The molecule has 0 unspecified atom stereocenters. The van der Waals surface area contributed by atoms with Crippen LogP contribution in [0.1, 0.15) is 24.3 Å². The van der Waals surface area contributed by atoms with E-state index in [9.17, 15) is 8.42 Å². The molecule has 0 bridgehead atoms. The first-order valence-electron chi connectivity index (χ1n) is 7.99. The average molecular weight is 360 g/mol. The molecule has 0 aliphatic carbocycles. The lowest BCUT2D eigenvalue weighted by molar-refractivity contribution is 0.344. The highest BCUT2D eigenvalue weighted by atomic mass is 32.2. The molecule has 3 aromatic rings. The fourth-order valence-electron chi connectivity index (χ4n) is 2.61. The molecule has 6 nitrogen and oxygen atoms in total. The third-order valence-electron chi connectivity index (χ3n) is 3.92. The molecule has 25 heavy (non-hydrogen) atoms. The monoisotopic (exact) mass is 360 g/mol. The fourth-order valence-corrected chi connectivity index (χ4v) is 3.79. The lowest BCUT2D eigenvalue weighted by Crippen LogP contribution is -2.23. The molecular formula is C18H20N2O4S. The van der Waals surface area contributed by atoms with Gasteiger partial charge in [-0.2, -0.15) is 0 Å². The molecule has 0 saturated carbocycles. The van der Waals surface area contributed by atoms with Gasteiger partial charge in [0.2, 0.25) is 15.9 Å². The quantitative estimate of drug-likeness (QED) is 0.729. The summed E-state index contributed by atoms with van der Waals surface area (Å²) in [5, 5.41) is 1.37. The smallest absolute Gasteiger partial charge is 0.241 e. The molecule has 0 fully saturated rings. The van der Waals surface area contributed by atoms with Gasteiger partial charge in [0.05, 0.1) is 23.7 Å². The van der Waals surface area contributed by atoms with Gasteiger partial charge in [-0.1, -0.05) is 24.3 Å². The number of fused-ring (bicyclic) bond motifs is 1. The van der Waals surface area contributed by atoms with Crippen LogP contribution in [0.4, 0.5) is 0 Å². The molecule has 2 aromatic carbocycles. The standard InChI is InChI=1S/C18H20N2O4S/c1-4-23-16-9-10-17(15-8-6-5-7-14(15)16)25(21,22)19-11-18-20-12(2)13(3)24-18/h5-10,19H,4,11H2,1-3H3. The summed E-state index contributed by atoms with van der Waals surface area (Å²) in [6, 6.07) is 10.5. The van der Waals surface area contributed by atoms with Crippen molar-refractivity contribution in [1.29, 1.82) is 0 Å². The third kappa shape index (κ3) is 3.52. The van der Waals surface area contributed by atoms with Crippen LogP contribution in [0.3, 0.4) is 0 Å². The first-order valence-corrected chi connectivity index (χ1v) is 9.48. The van der Waals surface area contributed by atoms with Gasteiger partial charge < -0.3 is 9.15 Å². The largest absolute Gasteiger partial charge is 0.493 e. The Labute approximate surface area is 146 Å². The Morgan fingerprint density at radius 3 is 2.48 bits per heavy atom. The van der Waals surface area contributed by atoms with Crippen molar-refractivity contribution in [2.45, 2.75) is 32.2 Å². The van der Waals surface area contributed by atoms with E-state index in [-0.39, 0.29) is 11.4 Å². The summed E-state index contributed by atoms with van der Waals surface area (Å²) in [5.41, 5.74) is 0.751. The number of aromatic nitrogens is 1. The van der Waals surface area contributed by atoms with E-state index in [4.69, 9.17) is 9.15 Å². The summed E-state index contributed by atoms with van der Waals surface area (Å²) in [4.78, 5) is 4.39. The van der Waals surface area contributed by atoms with Crippen LogP contribution in [0.25, 0.3) is 10.8 Å². The molecule has 0 atom stereocenters. The molecule has 0 radical (unpaired) electrons. The predicted octanol–water partition coefficient (Wildman–Crippen LogP) is 3.32. The molecule has 0 aliphatic rings. The van der Waals surface area contributed by atoms with E-state index in [0.29, 0.717) is 29.4 Å². The first kappa shape index (κ1) is 17.4. The van der Waals surface area contributed by atoms with Gasteiger partial charge in [0.15, 0.2) is 0 Å². The molecule has 3 rings (SSSR count). The van der Waals surface area contributed by atoms with E-state index in [0.717, 1.165) is 11.1 Å². The second-order valence-corrected chi connectivity index (χ2v) is 7.35. The number of rotatable bonds is 6. The lowest BCUT2D eigenvalue weighted by atomic mass is 10.1. The molecule has 7 heteroatoms. The number of sulfonamides is 1. The van der Waals surface area contributed by atoms with Crippen LogP contribution in [0.2, 0.25) is 0 Å². The van der Waals surface area contributed by atoms with Gasteiger partial charge in [-0.05, 0) is 32.9 Å². The Morgan fingerprint density at radius 1 is 1.12 bits per heavy atom. The van der Waals surface area contributed by atoms with Crippen LogP contribution in [-0.2, 0) is 16.6 Å². The van der Waals surface area contributed by atoms with E-state index in [1.165, 1.54) is 0 Å². The predicted molar refractivity (Wildman–Crippen MR) is 95.1 cm³/mol. The van der Waals surface area contributed by atoms with E-state index in [1.54, 1.807) is 31.2 Å². The molecule has 0 amide bonds. The first-order chi connectivity index (χ1) is 11.9. The van der Waals surface area contributed by atoms with Crippen molar-refractivity contribution in [2.75, 3.05) is 6.61 Å². The molecular weight excluding hydrogens is 340 g/mol. The number of hydrogen-bond acceptors (Lipinski definition) is 5. The number of oxazole rings is 1. The zero-order valence-electron chi connectivity index (χ0n) is 14.4. The van der Waals surface area contributed by atoms with Gasteiger partial charge in [-0.25, -0.2) is 18.1 Å². The number of hydrogen-bond donors (Lipinski definition) is 1. The number of aryl methyl sites for hydroxylation is 2. The minimum atomic E-state index is -3.73. The maximum absolute atomic E-state index is 12.8. The molecule has 1 N–H and O–H groups in total. The highest BCUT2D eigenvalue weighted by Crippen LogP contribution is 2.31. The lowest BCUT2D eigenvalue weighted by Gasteiger charge is -2.12. The number of ether oxygens (including phenoxy) is 1. The maximum Gasteiger partial charge on any atom is 0.241 e. The maximum atomic E-state index is 12.8. The van der Waals surface area contributed by atoms with Gasteiger partial charge in [0.25, 0.3) is 0 Å². The third-order valence-corrected chi connectivity index (χ3v) is 5.38. The van der Waals surface area contributed by atoms with E-state index in [2.05, 4.69) is 9.71 Å². The topological polar surface area (TPSA) is 81.4 Å². The van der Waals surface area contributed by atoms with Crippen molar-refractivity contribution in [3.8, 4) is 5.75 Å². The molecule has 132 valence electrons. The Hall–Kier alpha value is -2.38. The van der Waals surface area contributed by atoms with Crippen molar-refractivity contribution in [2.24, 2.45) is 0 Å². The zero-order chi connectivity index (χ0) is 18.0. The van der Waals surface area contributed by atoms with Crippen LogP contribution in [0.15, 0.2) is 45.7 Å². The molecule has 0 saturated heterocycles. The summed E-state index contributed by atoms with van der Waals surface area (Å²) in [7, 11) is -3.73. The van der Waals surface area contributed by atoms with Crippen molar-refractivity contribution in [1.82, 2.24) is 9.71 Å². The molecule has 0 spiro atoms. The van der Waals surface area contributed by atoms with Gasteiger partial charge in [-0.15, -0.1) is 0 Å². The summed E-state index contributed by atoms with van der Waals surface area (Å²) < 4.78 is 39.1. The minimum Gasteiger partial charge on any atom is -0.493 e. The number of nitrogens with zero attached hydrogens (tertiary/aromatic N) is 1. The van der Waals surface area contributed by atoms with Gasteiger partial charge in [-0.3, -0.25) is 0 Å². The van der Waals surface area contributed by atoms with Gasteiger partial charge in [0, 0.05) is 10.8 Å². The SMILES string of the molecule is CCOc1ccc(S(=O)(=O)NCc2nc(C)c(C)o2)c2ccccc12. The highest BCUT2D eigenvalue weighted by molar-refractivity contribution is 7.89. The summed E-state index contributed by atoms with van der Waals surface area (Å²) >= 11 is 0. The van der Waals surface area contributed by atoms with Crippen molar-refractivity contribution < 1.29 is 17.6 Å². The van der Waals surface area contributed by atoms with Crippen molar-refractivity contribution in [3.63, 3.8) is 0 Å². The van der Waals surface area contributed by atoms with Crippen LogP contribution >= 0.6 is 0 Å². The van der Waals surface area contributed by atoms with Gasteiger partial charge in [0.1, 0.15) is 11.5 Å². The van der Waals surface area contributed by atoms with Gasteiger partial charge >= 0.3 is 0 Å². The Balaban J connectivity index is 1.95. The summed E-state index contributed by atoms with van der Waals surface area (Å²) in [6.07, 6.45) is 0. The number of nitrogens with one attached hydrogen (secondary N) is 1. The Bertz CT molecular complexity index is 990. The molecule has 0 aliphatic heterocycles. The normalized spacial score (nSPS) is 11.8. The summed E-state index contributed by atoms with van der Waals surface area (Å²) in [6.45, 7) is 6.01. The Morgan fingerprint density at radius 2 is 1.84 bits per heavy atom. The number of benzene rings is 2. The van der Waals surface area contributed by atoms with E-state index < -0.39 is 10.0 Å². The van der Waals surface area contributed by atoms with Crippen molar-refractivity contribution >= 4 is 20.8 Å². The second kappa shape index (κ2) is 6.85. The average Bonchev–Trinajstić information content (AvgIpc) is 2.92. The van der Waals surface area contributed by atoms with Crippen molar-refractivity contribution in [3.05, 3.63) is 53.7 Å². The van der Waals surface area contributed by atoms with Crippen LogP contribution in [0, 0.1) is 13.8 Å². The van der Waals surface area contributed by atoms with Crippen LogP contribution in [0.5, 0.6) is 5.75 Å². The van der Waals surface area contributed by atoms with E-state index in [1.807, 2.05) is 26.0 Å².